The van der Waals surface area contributed by atoms with E-state index in [1.54, 1.807) is 36.4 Å². The van der Waals surface area contributed by atoms with Crippen LogP contribution in [0.2, 0.25) is 5.02 Å². The van der Waals surface area contributed by atoms with E-state index < -0.39 is 17.9 Å². The highest BCUT2D eigenvalue weighted by atomic mass is 35.5. The molecular weight excluding hydrogens is 416 g/mol. The van der Waals surface area contributed by atoms with Crippen molar-refractivity contribution in [3.05, 3.63) is 106 Å². The molecule has 0 bridgehead atoms. The molecule has 0 aliphatic carbocycles. The number of ether oxygens (including phenoxy) is 1. The minimum Gasteiger partial charge on any atom is -0.465 e. The van der Waals surface area contributed by atoms with Crippen molar-refractivity contribution < 1.29 is 19.1 Å². The standard InChI is InChI=1S/C24H21ClN2O4/c1-31-24(30)19-11-9-18(10-12-19)22(28)27-21(17-5-3-2-4-6-17)23(29)26-15-16-7-13-20(25)14-8-16/h2-14,21H,15H2,1H3,(H,26,29)(H,27,28)/t21-/m0/s1. The maximum absolute atomic E-state index is 12.9. The molecule has 3 aromatic carbocycles. The zero-order chi connectivity index (χ0) is 22.2. The van der Waals surface area contributed by atoms with Crippen LogP contribution in [0, 0.1) is 0 Å². The Balaban J connectivity index is 1.74. The number of rotatable bonds is 7. The fourth-order valence-corrected chi connectivity index (χ4v) is 3.06. The molecule has 0 saturated heterocycles. The molecule has 0 radical (unpaired) electrons. The van der Waals surface area contributed by atoms with Gasteiger partial charge in [-0.05, 0) is 47.5 Å². The van der Waals surface area contributed by atoms with Gasteiger partial charge in [0, 0.05) is 17.1 Å². The smallest absolute Gasteiger partial charge is 0.337 e. The maximum Gasteiger partial charge on any atom is 0.337 e. The van der Waals surface area contributed by atoms with Crippen LogP contribution < -0.4 is 10.6 Å². The van der Waals surface area contributed by atoms with Crippen LogP contribution in [0.4, 0.5) is 0 Å². The van der Waals surface area contributed by atoms with E-state index >= 15 is 0 Å². The highest BCUT2D eigenvalue weighted by molar-refractivity contribution is 6.30. The van der Waals surface area contributed by atoms with Gasteiger partial charge in [0.25, 0.3) is 5.91 Å². The zero-order valence-corrected chi connectivity index (χ0v) is 17.6. The first-order chi connectivity index (χ1) is 15.0. The summed E-state index contributed by atoms with van der Waals surface area (Å²) in [5.41, 5.74) is 2.18. The molecule has 0 saturated carbocycles. The van der Waals surface area contributed by atoms with Crippen LogP contribution in [-0.4, -0.2) is 24.9 Å². The van der Waals surface area contributed by atoms with Crippen LogP contribution in [0.3, 0.4) is 0 Å². The first-order valence-electron chi connectivity index (χ1n) is 9.54. The number of benzene rings is 3. The number of methoxy groups -OCH3 is 1. The molecule has 6 nitrogen and oxygen atoms in total. The van der Waals surface area contributed by atoms with Gasteiger partial charge in [-0.25, -0.2) is 4.79 Å². The van der Waals surface area contributed by atoms with Gasteiger partial charge in [0.05, 0.1) is 12.7 Å². The summed E-state index contributed by atoms with van der Waals surface area (Å²) in [6.45, 7) is 0.295. The van der Waals surface area contributed by atoms with Gasteiger partial charge < -0.3 is 15.4 Å². The van der Waals surface area contributed by atoms with Crippen LogP contribution in [0.1, 0.15) is 37.9 Å². The fourth-order valence-electron chi connectivity index (χ4n) is 2.93. The second-order valence-corrected chi connectivity index (χ2v) is 7.17. The average Bonchev–Trinajstić information content (AvgIpc) is 2.82. The lowest BCUT2D eigenvalue weighted by Gasteiger charge is -2.19. The number of carbonyl (C=O) groups excluding carboxylic acids is 3. The molecule has 0 fully saturated rings. The van der Waals surface area contributed by atoms with E-state index in [1.807, 2.05) is 18.2 Å². The minimum atomic E-state index is -0.888. The zero-order valence-electron chi connectivity index (χ0n) is 16.8. The van der Waals surface area contributed by atoms with Gasteiger partial charge >= 0.3 is 5.97 Å². The van der Waals surface area contributed by atoms with Crippen LogP contribution in [0.5, 0.6) is 0 Å². The molecule has 0 aliphatic heterocycles. The van der Waals surface area contributed by atoms with Crippen molar-refractivity contribution in [3.8, 4) is 0 Å². The van der Waals surface area contributed by atoms with Crippen LogP contribution >= 0.6 is 11.6 Å². The van der Waals surface area contributed by atoms with Gasteiger partial charge in [0.15, 0.2) is 0 Å². The van der Waals surface area contributed by atoms with Crippen molar-refractivity contribution in [3.63, 3.8) is 0 Å². The molecule has 1 atom stereocenters. The second kappa shape index (κ2) is 10.4. The quantitative estimate of drug-likeness (QED) is 0.550. The SMILES string of the molecule is COC(=O)c1ccc(C(=O)N[C@H](C(=O)NCc2ccc(Cl)cc2)c2ccccc2)cc1. The molecule has 0 heterocycles. The second-order valence-electron chi connectivity index (χ2n) is 6.73. The number of nitrogens with one attached hydrogen (secondary N) is 2. The molecule has 7 heteroatoms. The predicted octanol–water partition coefficient (Wildman–Crippen LogP) is 3.91. The van der Waals surface area contributed by atoms with Crippen LogP contribution in [-0.2, 0) is 16.1 Å². The normalized spacial score (nSPS) is 11.3. The number of hydrogen-bond donors (Lipinski definition) is 2. The molecule has 2 amide bonds. The van der Waals surface area contributed by atoms with Crippen molar-refractivity contribution in [1.82, 2.24) is 10.6 Å². The molecule has 158 valence electrons. The number of amides is 2. The summed E-state index contributed by atoms with van der Waals surface area (Å²) in [7, 11) is 1.29. The lowest BCUT2D eigenvalue weighted by atomic mass is 10.0. The monoisotopic (exact) mass is 436 g/mol. The molecule has 0 aliphatic rings. The van der Waals surface area contributed by atoms with Gasteiger partial charge in [0.2, 0.25) is 5.91 Å². The third-order valence-electron chi connectivity index (χ3n) is 4.62. The summed E-state index contributed by atoms with van der Waals surface area (Å²) in [5.74, 6) is -1.27. The van der Waals surface area contributed by atoms with Crippen molar-refractivity contribution in [1.29, 1.82) is 0 Å². The van der Waals surface area contributed by atoms with E-state index in [1.165, 1.54) is 31.4 Å². The number of hydrogen-bond acceptors (Lipinski definition) is 4. The topological polar surface area (TPSA) is 84.5 Å². The Labute approximate surface area is 185 Å². The molecule has 3 aromatic rings. The molecule has 31 heavy (non-hydrogen) atoms. The van der Waals surface area contributed by atoms with E-state index in [2.05, 4.69) is 15.4 Å². The summed E-state index contributed by atoms with van der Waals surface area (Å²) < 4.78 is 4.66. The van der Waals surface area contributed by atoms with Gasteiger partial charge in [-0.1, -0.05) is 54.1 Å². The Bertz CT molecular complexity index is 1050. The van der Waals surface area contributed by atoms with E-state index in [-0.39, 0.29) is 5.91 Å². The predicted molar refractivity (Wildman–Crippen MR) is 118 cm³/mol. The summed E-state index contributed by atoms with van der Waals surface area (Å²) in [4.78, 5) is 37.3. The Morgan fingerprint density at radius 3 is 2.10 bits per heavy atom. The molecule has 0 unspecified atom stereocenters. The van der Waals surface area contributed by atoms with Crippen LogP contribution in [0.25, 0.3) is 0 Å². The summed E-state index contributed by atoms with van der Waals surface area (Å²) >= 11 is 5.90. The Morgan fingerprint density at radius 1 is 0.871 bits per heavy atom. The van der Waals surface area contributed by atoms with Gasteiger partial charge in [-0.2, -0.15) is 0 Å². The fraction of sp³-hybridized carbons (Fsp3) is 0.125. The molecular formula is C24H21ClN2O4. The lowest BCUT2D eigenvalue weighted by molar-refractivity contribution is -0.123. The van der Waals surface area contributed by atoms with Crippen molar-refractivity contribution in [2.75, 3.05) is 7.11 Å². The van der Waals surface area contributed by atoms with Crippen molar-refractivity contribution in [2.45, 2.75) is 12.6 Å². The lowest BCUT2D eigenvalue weighted by Crippen LogP contribution is -2.40. The van der Waals surface area contributed by atoms with E-state index in [0.717, 1.165) is 5.56 Å². The van der Waals surface area contributed by atoms with Gasteiger partial charge in [0.1, 0.15) is 6.04 Å². The number of halogens is 1. The minimum absolute atomic E-state index is 0.295. The molecule has 3 rings (SSSR count). The van der Waals surface area contributed by atoms with Crippen LogP contribution in [0.15, 0.2) is 78.9 Å². The largest absolute Gasteiger partial charge is 0.465 e. The molecule has 2 N–H and O–H groups in total. The van der Waals surface area contributed by atoms with Crippen molar-refractivity contribution >= 4 is 29.4 Å². The summed E-state index contributed by atoms with van der Waals surface area (Å²) in [6, 6.07) is 21.2. The maximum atomic E-state index is 12.9. The Kier molecular flexibility index (Phi) is 7.40. The van der Waals surface area contributed by atoms with E-state index in [4.69, 9.17) is 11.6 Å². The van der Waals surface area contributed by atoms with E-state index in [9.17, 15) is 14.4 Å². The average molecular weight is 437 g/mol. The Morgan fingerprint density at radius 2 is 1.48 bits per heavy atom. The first kappa shape index (κ1) is 22.1. The van der Waals surface area contributed by atoms with Crippen molar-refractivity contribution in [2.24, 2.45) is 0 Å². The highest BCUT2D eigenvalue weighted by Gasteiger charge is 2.23. The highest BCUT2D eigenvalue weighted by Crippen LogP contribution is 2.16. The van der Waals surface area contributed by atoms with E-state index in [0.29, 0.717) is 28.3 Å². The number of esters is 1. The summed E-state index contributed by atoms with van der Waals surface area (Å²) in [6.07, 6.45) is 0. The van der Waals surface area contributed by atoms with Gasteiger partial charge in [-0.15, -0.1) is 0 Å². The molecule has 0 spiro atoms. The van der Waals surface area contributed by atoms with Gasteiger partial charge in [-0.3, -0.25) is 9.59 Å². The third kappa shape index (κ3) is 5.93. The third-order valence-corrected chi connectivity index (χ3v) is 4.87. The number of carbonyl (C=O) groups is 3. The molecule has 0 aromatic heterocycles. The Hall–Kier alpha value is -3.64. The summed E-state index contributed by atoms with van der Waals surface area (Å²) in [5, 5.41) is 6.23. The first-order valence-corrected chi connectivity index (χ1v) is 9.92.